The Bertz CT molecular complexity index is 384. The highest BCUT2D eigenvalue weighted by Gasteiger charge is 2.27. The van der Waals surface area contributed by atoms with Gasteiger partial charge in [-0.05, 0) is 32.1 Å². The van der Waals surface area contributed by atoms with Crippen LogP contribution < -0.4 is 0 Å². The number of nitrogens with zero attached hydrogens (tertiary/aromatic N) is 3. The molecule has 2 rings (SSSR count). The quantitative estimate of drug-likeness (QED) is 0.782. The Hall–Kier alpha value is -1.45. The van der Waals surface area contributed by atoms with E-state index >= 15 is 0 Å². The van der Waals surface area contributed by atoms with E-state index in [1.165, 1.54) is 12.8 Å². The van der Waals surface area contributed by atoms with Crippen molar-refractivity contribution in [1.29, 1.82) is 0 Å². The normalized spacial score (nSPS) is 14.7. The summed E-state index contributed by atoms with van der Waals surface area (Å²) in [6.07, 6.45) is 6.72. The van der Waals surface area contributed by atoms with Gasteiger partial charge in [0.2, 0.25) is 0 Å². The van der Waals surface area contributed by atoms with E-state index in [1.54, 1.807) is 12.4 Å². The lowest BCUT2D eigenvalue weighted by Crippen LogP contribution is -2.34. The van der Waals surface area contributed by atoms with Crippen LogP contribution in [0.4, 0.5) is 0 Å². The molecular weight excluding hydrogens is 214 g/mol. The van der Waals surface area contributed by atoms with Crippen LogP contribution in [-0.2, 0) is 0 Å². The minimum absolute atomic E-state index is 0.0197. The van der Waals surface area contributed by atoms with Gasteiger partial charge in [0.05, 0.1) is 11.9 Å². The topological polar surface area (TPSA) is 46.1 Å². The van der Waals surface area contributed by atoms with Crippen molar-refractivity contribution in [2.45, 2.75) is 33.1 Å². The number of amides is 1. The molecule has 1 aliphatic rings. The molecule has 4 nitrogen and oxygen atoms in total. The van der Waals surface area contributed by atoms with Crippen LogP contribution in [-0.4, -0.2) is 33.9 Å². The average Bonchev–Trinajstić information content (AvgIpc) is 3.13. The fraction of sp³-hybridized carbons (Fsp3) is 0.615. The van der Waals surface area contributed by atoms with Gasteiger partial charge in [-0.1, -0.05) is 6.92 Å². The summed E-state index contributed by atoms with van der Waals surface area (Å²) in [4.78, 5) is 22.4. The molecule has 1 heterocycles. The average molecular weight is 233 g/mol. The fourth-order valence-corrected chi connectivity index (χ4v) is 1.82. The highest BCUT2D eigenvalue weighted by Crippen LogP contribution is 2.30. The minimum atomic E-state index is 0.0197. The second-order valence-corrected chi connectivity index (χ2v) is 4.74. The Kier molecular flexibility index (Phi) is 3.71. The zero-order valence-electron chi connectivity index (χ0n) is 10.5. The molecular formula is C13H19N3O. The highest BCUT2D eigenvalue weighted by atomic mass is 16.2. The molecule has 0 saturated heterocycles. The standard InChI is InChI=1S/C13H19N3O/c1-3-6-16(9-11-4-5-11)13(17)12-8-14-10(2)7-15-12/h7-8,11H,3-6,9H2,1-2H3. The van der Waals surface area contributed by atoms with Crippen molar-refractivity contribution in [1.82, 2.24) is 14.9 Å². The second-order valence-electron chi connectivity index (χ2n) is 4.74. The molecule has 0 unspecified atom stereocenters. The largest absolute Gasteiger partial charge is 0.337 e. The number of aromatic nitrogens is 2. The van der Waals surface area contributed by atoms with Crippen LogP contribution in [0.5, 0.6) is 0 Å². The van der Waals surface area contributed by atoms with Crippen LogP contribution in [0.15, 0.2) is 12.4 Å². The van der Waals surface area contributed by atoms with Gasteiger partial charge < -0.3 is 4.90 Å². The zero-order valence-corrected chi connectivity index (χ0v) is 10.5. The Morgan fingerprint density at radius 1 is 1.41 bits per heavy atom. The molecule has 4 heteroatoms. The van der Waals surface area contributed by atoms with E-state index in [0.29, 0.717) is 11.6 Å². The van der Waals surface area contributed by atoms with Gasteiger partial charge in [-0.25, -0.2) is 4.98 Å². The molecule has 1 aliphatic carbocycles. The molecule has 17 heavy (non-hydrogen) atoms. The van der Waals surface area contributed by atoms with Crippen molar-refractivity contribution in [3.63, 3.8) is 0 Å². The van der Waals surface area contributed by atoms with E-state index in [2.05, 4.69) is 16.9 Å². The third-order valence-electron chi connectivity index (χ3n) is 2.96. The second kappa shape index (κ2) is 5.25. The molecule has 0 aromatic carbocycles. The maximum absolute atomic E-state index is 12.2. The van der Waals surface area contributed by atoms with Gasteiger partial charge in [0.1, 0.15) is 5.69 Å². The molecule has 0 aliphatic heterocycles. The molecule has 1 fully saturated rings. The lowest BCUT2D eigenvalue weighted by atomic mass is 10.3. The van der Waals surface area contributed by atoms with E-state index in [0.717, 1.165) is 25.2 Å². The maximum atomic E-state index is 12.2. The van der Waals surface area contributed by atoms with Gasteiger partial charge in [-0.2, -0.15) is 0 Å². The third-order valence-corrected chi connectivity index (χ3v) is 2.96. The number of hydrogen-bond acceptors (Lipinski definition) is 3. The minimum Gasteiger partial charge on any atom is -0.337 e. The van der Waals surface area contributed by atoms with Gasteiger partial charge >= 0.3 is 0 Å². The van der Waals surface area contributed by atoms with Crippen LogP contribution >= 0.6 is 0 Å². The predicted octanol–water partition coefficient (Wildman–Crippen LogP) is 2.05. The monoisotopic (exact) mass is 233 g/mol. The summed E-state index contributed by atoms with van der Waals surface area (Å²) < 4.78 is 0. The van der Waals surface area contributed by atoms with Crippen molar-refractivity contribution in [3.8, 4) is 0 Å². The molecule has 92 valence electrons. The molecule has 1 amide bonds. The van der Waals surface area contributed by atoms with Crippen LogP contribution in [0.1, 0.15) is 42.4 Å². The first-order valence-electron chi connectivity index (χ1n) is 6.28. The van der Waals surface area contributed by atoms with Crippen molar-refractivity contribution >= 4 is 5.91 Å². The van der Waals surface area contributed by atoms with Crippen LogP contribution in [0.25, 0.3) is 0 Å². The van der Waals surface area contributed by atoms with E-state index in [1.807, 2.05) is 11.8 Å². The summed E-state index contributed by atoms with van der Waals surface area (Å²) in [5.41, 5.74) is 1.30. The first-order valence-corrected chi connectivity index (χ1v) is 6.28. The number of rotatable bonds is 5. The maximum Gasteiger partial charge on any atom is 0.274 e. The summed E-state index contributed by atoms with van der Waals surface area (Å²) in [7, 11) is 0. The SMILES string of the molecule is CCCN(CC1CC1)C(=O)c1cnc(C)cn1. The lowest BCUT2D eigenvalue weighted by molar-refractivity contribution is 0.0741. The van der Waals surface area contributed by atoms with Crippen LogP contribution in [0.3, 0.4) is 0 Å². The highest BCUT2D eigenvalue weighted by molar-refractivity contribution is 5.92. The number of hydrogen-bond donors (Lipinski definition) is 0. The van der Waals surface area contributed by atoms with E-state index in [4.69, 9.17) is 0 Å². The lowest BCUT2D eigenvalue weighted by Gasteiger charge is -2.21. The van der Waals surface area contributed by atoms with Gasteiger partial charge in [0.15, 0.2) is 0 Å². The molecule has 0 bridgehead atoms. The Morgan fingerprint density at radius 3 is 2.71 bits per heavy atom. The van der Waals surface area contributed by atoms with Crippen molar-refractivity contribution < 1.29 is 4.79 Å². The number of aryl methyl sites for hydroxylation is 1. The Labute approximate surface area is 102 Å². The van der Waals surface area contributed by atoms with E-state index < -0.39 is 0 Å². The summed E-state index contributed by atoms with van der Waals surface area (Å²) in [6, 6.07) is 0. The van der Waals surface area contributed by atoms with Gasteiger partial charge in [-0.15, -0.1) is 0 Å². The van der Waals surface area contributed by atoms with Gasteiger partial charge in [0, 0.05) is 19.3 Å². The van der Waals surface area contributed by atoms with E-state index in [9.17, 15) is 4.79 Å². The fourth-order valence-electron chi connectivity index (χ4n) is 1.82. The summed E-state index contributed by atoms with van der Waals surface area (Å²) in [5.74, 6) is 0.732. The molecule has 1 saturated carbocycles. The van der Waals surface area contributed by atoms with Crippen LogP contribution in [0.2, 0.25) is 0 Å². The third kappa shape index (κ3) is 3.25. The summed E-state index contributed by atoms with van der Waals surface area (Å²) >= 11 is 0. The summed E-state index contributed by atoms with van der Waals surface area (Å²) in [5, 5.41) is 0. The molecule has 0 N–H and O–H groups in total. The van der Waals surface area contributed by atoms with Crippen molar-refractivity contribution in [2.24, 2.45) is 5.92 Å². The number of carbonyl (C=O) groups excluding carboxylic acids is 1. The first kappa shape index (κ1) is 12.0. The number of carbonyl (C=O) groups is 1. The molecule has 0 atom stereocenters. The molecule has 0 radical (unpaired) electrons. The molecule has 0 spiro atoms. The Morgan fingerprint density at radius 2 is 2.18 bits per heavy atom. The van der Waals surface area contributed by atoms with E-state index in [-0.39, 0.29) is 5.91 Å². The zero-order chi connectivity index (χ0) is 12.3. The summed E-state index contributed by atoms with van der Waals surface area (Å²) in [6.45, 7) is 5.65. The van der Waals surface area contributed by atoms with Crippen LogP contribution in [0, 0.1) is 12.8 Å². The first-order chi connectivity index (χ1) is 8.20. The Balaban J connectivity index is 2.05. The van der Waals surface area contributed by atoms with Crippen molar-refractivity contribution in [3.05, 3.63) is 23.8 Å². The smallest absolute Gasteiger partial charge is 0.274 e. The van der Waals surface area contributed by atoms with Gasteiger partial charge in [-0.3, -0.25) is 9.78 Å². The van der Waals surface area contributed by atoms with Crippen molar-refractivity contribution in [2.75, 3.05) is 13.1 Å². The molecule has 1 aromatic heterocycles. The van der Waals surface area contributed by atoms with Gasteiger partial charge in [0.25, 0.3) is 5.91 Å². The predicted molar refractivity (Wildman–Crippen MR) is 65.7 cm³/mol. The molecule has 1 aromatic rings.